The van der Waals surface area contributed by atoms with Crippen LogP contribution in [0.15, 0.2) is 42.5 Å². The first-order valence-electron chi connectivity index (χ1n) is 6.45. The van der Waals surface area contributed by atoms with Gasteiger partial charge in [0.15, 0.2) is 0 Å². The highest BCUT2D eigenvalue weighted by Gasteiger charge is 2.18. The summed E-state index contributed by atoms with van der Waals surface area (Å²) in [6, 6.07) is 11.9. The third-order valence-electron chi connectivity index (χ3n) is 3.02. The zero-order valence-electron chi connectivity index (χ0n) is 11.6. The number of urea groups is 1. The molecule has 2 aromatic rings. The predicted molar refractivity (Wildman–Crippen MR) is 81.0 cm³/mol. The van der Waals surface area contributed by atoms with Crippen LogP contribution in [0, 0.1) is 0 Å². The molecule has 0 aliphatic carbocycles. The number of anilines is 1. The first kappa shape index (κ1) is 14.8. The lowest BCUT2D eigenvalue weighted by Crippen LogP contribution is -2.48. The van der Waals surface area contributed by atoms with Crippen LogP contribution in [0.2, 0.25) is 0 Å². The van der Waals surface area contributed by atoms with Crippen molar-refractivity contribution >= 4 is 28.4 Å². The minimum Gasteiger partial charge on any atom is -0.382 e. The van der Waals surface area contributed by atoms with Crippen LogP contribution in [0.25, 0.3) is 10.8 Å². The molecular formula is C15H17N3O3. The van der Waals surface area contributed by atoms with Crippen LogP contribution in [-0.2, 0) is 9.53 Å². The maximum atomic E-state index is 12.0. The lowest BCUT2D eigenvalue weighted by atomic mass is 10.1. The van der Waals surface area contributed by atoms with E-state index in [1.807, 2.05) is 36.4 Å². The zero-order chi connectivity index (χ0) is 15.2. The van der Waals surface area contributed by atoms with Crippen molar-refractivity contribution in [3.63, 3.8) is 0 Å². The Balaban J connectivity index is 2.13. The Kier molecular flexibility index (Phi) is 4.73. The Hall–Kier alpha value is -2.60. The number of rotatable bonds is 5. The molecule has 0 heterocycles. The second kappa shape index (κ2) is 6.71. The van der Waals surface area contributed by atoms with E-state index in [0.29, 0.717) is 5.69 Å². The van der Waals surface area contributed by atoms with E-state index in [2.05, 4.69) is 10.6 Å². The van der Waals surface area contributed by atoms with Gasteiger partial charge in [0, 0.05) is 12.5 Å². The van der Waals surface area contributed by atoms with Gasteiger partial charge in [-0.1, -0.05) is 36.4 Å². The molecule has 0 aliphatic rings. The van der Waals surface area contributed by atoms with Crippen LogP contribution in [0.3, 0.4) is 0 Å². The van der Waals surface area contributed by atoms with E-state index in [4.69, 9.17) is 10.5 Å². The van der Waals surface area contributed by atoms with Gasteiger partial charge in [0.1, 0.15) is 6.04 Å². The van der Waals surface area contributed by atoms with Crippen molar-refractivity contribution in [3.8, 4) is 0 Å². The Morgan fingerprint density at radius 2 is 1.90 bits per heavy atom. The molecule has 0 aliphatic heterocycles. The van der Waals surface area contributed by atoms with Crippen LogP contribution >= 0.6 is 0 Å². The summed E-state index contributed by atoms with van der Waals surface area (Å²) in [5.74, 6) is -0.648. The zero-order valence-corrected chi connectivity index (χ0v) is 11.6. The number of benzene rings is 2. The number of hydrogen-bond acceptors (Lipinski definition) is 3. The monoisotopic (exact) mass is 287 g/mol. The van der Waals surface area contributed by atoms with E-state index in [-0.39, 0.29) is 6.61 Å². The number of nitrogens with two attached hydrogens (primary N) is 1. The maximum Gasteiger partial charge on any atom is 0.319 e. The van der Waals surface area contributed by atoms with E-state index in [1.54, 1.807) is 6.07 Å². The fraction of sp³-hybridized carbons (Fsp3) is 0.200. The molecule has 0 bridgehead atoms. The van der Waals surface area contributed by atoms with Gasteiger partial charge >= 0.3 is 6.03 Å². The van der Waals surface area contributed by atoms with E-state index < -0.39 is 18.0 Å². The summed E-state index contributed by atoms with van der Waals surface area (Å²) in [6.45, 7) is 0.0261. The smallest absolute Gasteiger partial charge is 0.319 e. The molecule has 4 N–H and O–H groups in total. The molecule has 21 heavy (non-hydrogen) atoms. The summed E-state index contributed by atoms with van der Waals surface area (Å²) in [6.07, 6.45) is 0. The molecule has 0 saturated carbocycles. The number of carbonyl (C=O) groups excluding carboxylic acids is 2. The minimum absolute atomic E-state index is 0.0261. The van der Waals surface area contributed by atoms with Crippen molar-refractivity contribution < 1.29 is 14.3 Å². The molecule has 0 aromatic heterocycles. The Labute approximate surface area is 122 Å². The van der Waals surface area contributed by atoms with Crippen LogP contribution in [0.5, 0.6) is 0 Å². The fourth-order valence-corrected chi connectivity index (χ4v) is 2.01. The molecular weight excluding hydrogens is 270 g/mol. The van der Waals surface area contributed by atoms with E-state index in [1.165, 1.54) is 7.11 Å². The van der Waals surface area contributed by atoms with Crippen molar-refractivity contribution in [2.75, 3.05) is 19.0 Å². The molecule has 2 aromatic carbocycles. The largest absolute Gasteiger partial charge is 0.382 e. The number of amides is 3. The third kappa shape index (κ3) is 3.70. The van der Waals surface area contributed by atoms with Gasteiger partial charge in [0.25, 0.3) is 0 Å². The SMILES string of the molecule is COCC(NC(=O)Nc1cccc2ccccc12)C(N)=O. The first-order valence-corrected chi connectivity index (χ1v) is 6.45. The Morgan fingerprint density at radius 1 is 1.19 bits per heavy atom. The molecule has 3 amide bonds. The van der Waals surface area contributed by atoms with Crippen molar-refractivity contribution in [3.05, 3.63) is 42.5 Å². The number of nitrogens with one attached hydrogen (secondary N) is 2. The van der Waals surface area contributed by atoms with Crippen molar-refractivity contribution in [1.82, 2.24) is 5.32 Å². The summed E-state index contributed by atoms with van der Waals surface area (Å²) in [7, 11) is 1.43. The number of primary amides is 1. The molecule has 0 radical (unpaired) electrons. The van der Waals surface area contributed by atoms with Crippen LogP contribution < -0.4 is 16.4 Å². The molecule has 1 unspecified atom stereocenters. The number of methoxy groups -OCH3 is 1. The maximum absolute atomic E-state index is 12.0. The van der Waals surface area contributed by atoms with E-state index in [9.17, 15) is 9.59 Å². The summed E-state index contributed by atoms with van der Waals surface area (Å²) in [5.41, 5.74) is 5.85. The molecule has 0 spiro atoms. The van der Waals surface area contributed by atoms with Crippen LogP contribution in [-0.4, -0.2) is 31.7 Å². The normalized spacial score (nSPS) is 11.9. The van der Waals surface area contributed by atoms with Crippen LogP contribution in [0.4, 0.5) is 10.5 Å². The molecule has 6 nitrogen and oxygen atoms in total. The summed E-state index contributed by atoms with van der Waals surface area (Å²) in [4.78, 5) is 23.1. The Morgan fingerprint density at radius 3 is 2.62 bits per heavy atom. The fourth-order valence-electron chi connectivity index (χ4n) is 2.01. The van der Waals surface area contributed by atoms with Crippen LogP contribution in [0.1, 0.15) is 0 Å². The highest BCUT2D eigenvalue weighted by molar-refractivity contribution is 6.02. The second-order valence-electron chi connectivity index (χ2n) is 4.54. The number of hydrogen-bond donors (Lipinski definition) is 3. The highest BCUT2D eigenvalue weighted by atomic mass is 16.5. The highest BCUT2D eigenvalue weighted by Crippen LogP contribution is 2.22. The summed E-state index contributed by atoms with van der Waals surface area (Å²) in [5, 5.41) is 7.12. The summed E-state index contributed by atoms with van der Waals surface area (Å²) < 4.78 is 4.84. The average Bonchev–Trinajstić information content (AvgIpc) is 2.47. The van der Waals surface area contributed by atoms with Gasteiger partial charge in [0.2, 0.25) is 5.91 Å². The predicted octanol–water partition coefficient (Wildman–Crippen LogP) is 1.46. The molecule has 0 saturated heterocycles. The van der Waals surface area contributed by atoms with Crippen molar-refractivity contribution in [2.45, 2.75) is 6.04 Å². The minimum atomic E-state index is -0.870. The topological polar surface area (TPSA) is 93.4 Å². The van der Waals surface area contributed by atoms with E-state index >= 15 is 0 Å². The summed E-state index contributed by atoms with van der Waals surface area (Å²) >= 11 is 0. The molecule has 0 fully saturated rings. The molecule has 1 atom stereocenters. The van der Waals surface area contributed by atoms with Gasteiger partial charge in [0.05, 0.1) is 12.3 Å². The van der Waals surface area contributed by atoms with Gasteiger partial charge in [-0.2, -0.15) is 0 Å². The van der Waals surface area contributed by atoms with Crippen molar-refractivity contribution in [2.24, 2.45) is 5.73 Å². The van der Waals surface area contributed by atoms with Crippen molar-refractivity contribution in [1.29, 1.82) is 0 Å². The molecule has 6 heteroatoms. The van der Waals surface area contributed by atoms with Gasteiger partial charge in [-0.3, -0.25) is 4.79 Å². The number of fused-ring (bicyclic) bond motifs is 1. The first-order chi connectivity index (χ1) is 10.1. The van der Waals surface area contributed by atoms with Gasteiger partial charge in [-0.25, -0.2) is 4.79 Å². The quantitative estimate of drug-likeness (QED) is 0.777. The molecule has 2 rings (SSSR count). The number of carbonyl (C=O) groups is 2. The average molecular weight is 287 g/mol. The third-order valence-corrected chi connectivity index (χ3v) is 3.02. The second-order valence-corrected chi connectivity index (χ2v) is 4.54. The standard InChI is InChI=1S/C15H17N3O3/c1-21-9-13(14(16)19)18-15(20)17-12-8-4-6-10-5-2-3-7-11(10)12/h2-8,13H,9H2,1H3,(H2,16,19)(H2,17,18,20). The Bertz CT molecular complexity index is 652. The lowest BCUT2D eigenvalue weighted by molar-refractivity contribution is -0.120. The van der Waals surface area contributed by atoms with E-state index in [0.717, 1.165) is 10.8 Å². The van der Waals surface area contributed by atoms with Gasteiger partial charge < -0.3 is 21.1 Å². The van der Waals surface area contributed by atoms with Gasteiger partial charge in [-0.05, 0) is 11.5 Å². The lowest BCUT2D eigenvalue weighted by Gasteiger charge is -2.15. The number of ether oxygens (including phenoxy) is 1. The van der Waals surface area contributed by atoms with Gasteiger partial charge in [-0.15, -0.1) is 0 Å². The molecule has 110 valence electrons.